The van der Waals surface area contributed by atoms with Crippen LogP contribution < -0.4 is 5.32 Å². The maximum absolute atomic E-state index is 13.2. The highest BCUT2D eigenvalue weighted by atomic mass is 35.5. The first-order chi connectivity index (χ1) is 14.5. The number of morpholine rings is 1. The van der Waals surface area contributed by atoms with Gasteiger partial charge >= 0.3 is 6.09 Å². The third kappa shape index (κ3) is 5.61. The fraction of sp³-hybridized carbons (Fsp3) is 0.571. The maximum Gasteiger partial charge on any atom is 0.410 e. The molecule has 3 amide bonds. The summed E-state index contributed by atoms with van der Waals surface area (Å²) in [6.45, 7) is 6.13. The third-order valence-corrected chi connectivity index (χ3v) is 5.78. The Morgan fingerprint density at radius 2 is 1.97 bits per heavy atom. The number of nitrogens with zero attached hydrogens (tertiary/aromatic N) is 2. The van der Waals surface area contributed by atoms with Crippen molar-refractivity contribution in [3.8, 4) is 0 Å². The summed E-state index contributed by atoms with van der Waals surface area (Å²) in [5.74, 6) is -0.620. The number of hydrogen-bond acceptors (Lipinski definition) is 5. The number of hydrogen-bond donors (Lipinski definition) is 1. The minimum Gasteiger partial charge on any atom is -0.444 e. The molecule has 0 spiro atoms. The van der Waals surface area contributed by atoms with E-state index < -0.39 is 23.9 Å². The molecule has 8 nitrogen and oxygen atoms in total. The van der Waals surface area contributed by atoms with Gasteiger partial charge in [0, 0.05) is 30.2 Å². The molecule has 170 valence electrons. The zero-order valence-electron chi connectivity index (χ0n) is 18.0. The summed E-state index contributed by atoms with van der Waals surface area (Å²) >= 11 is 12.3. The van der Waals surface area contributed by atoms with E-state index in [9.17, 15) is 14.4 Å². The van der Waals surface area contributed by atoms with Gasteiger partial charge in [-0.15, -0.1) is 0 Å². The number of amides is 3. The molecular formula is C21H27Cl2N3O5. The molecule has 1 aromatic carbocycles. The van der Waals surface area contributed by atoms with Crippen molar-refractivity contribution in [2.75, 3.05) is 20.1 Å². The molecule has 0 saturated carbocycles. The molecule has 0 radical (unpaired) electrons. The summed E-state index contributed by atoms with van der Waals surface area (Å²) in [4.78, 5) is 40.9. The van der Waals surface area contributed by atoms with Crippen molar-refractivity contribution in [1.82, 2.24) is 15.1 Å². The fourth-order valence-electron chi connectivity index (χ4n) is 3.72. The normalized spacial score (nSPS) is 23.5. The van der Waals surface area contributed by atoms with Gasteiger partial charge in [-0.25, -0.2) is 4.79 Å². The smallest absolute Gasteiger partial charge is 0.410 e. The van der Waals surface area contributed by atoms with Crippen LogP contribution in [-0.2, 0) is 25.6 Å². The van der Waals surface area contributed by atoms with Crippen LogP contribution in [0.5, 0.6) is 0 Å². The van der Waals surface area contributed by atoms with Crippen LogP contribution in [-0.4, -0.2) is 71.7 Å². The number of fused-ring (bicyclic) bond motifs is 1. The lowest BCUT2D eigenvalue weighted by molar-refractivity contribution is -0.170. The maximum atomic E-state index is 13.2. The molecule has 31 heavy (non-hydrogen) atoms. The summed E-state index contributed by atoms with van der Waals surface area (Å²) in [5.41, 5.74) is 0.0780. The number of carbonyl (C=O) groups excluding carboxylic acids is 3. The molecule has 0 aliphatic carbocycles. The second kappa shape index (κ2) is 9.22. The van der Waals surface area contributed by atoms with Crippen LogP contribution in [0.15, 0.2) is 18.2 Å². The van der Waals surface area contributed by atoms with Gasteiger partial charge in [0.05, 0.1) is 25.1 Å². The predicted octanol–water partition coefficient (Wildman–Crippen LogP) is 2.84. The van der Waals surface area contributed by atoms with Crippen molar-refractivity contribution in [2.45, 2.75) is 57.6 Å². The largest absolute Gasteiger partial charge is 0.444 e. The molecule has 0 aromatic heterocycles. The monoisotopic (exact) mass is 471 g/mol. The number of rotatable bonds is 4. The van der Waals surface area contributed by atoms with Crippen LogP contribution >= 0.6 is 23.2 Å². The molecule has 2 fully saturated rings. The minimum absolute atomic E-state index is 0.101. The van der Waals surface area contributed by atoms with Crippen LogP contribution in [0.25, 0.3) is 0 Å². The van der Waals surface area contributed by atoms with Crippen LogP contribution in [0.4, 0.5) is 4.79 Å². The number of ether oxygens (including phenoxy) is 2. The Balaban J connectivity index is 1.85. The van der Waals surface area contributed by atoms with Crippen molar-refractivity contribution < 1.29 is 23.9 Å². The van der Waals surface area contributed by atoms with Gasteiger partial charge in [0.1, 0.15) is 11.7 Å². The van der Waals surface area contributed by atoms with Gasteiger partial charge in [0.15, 0.2) is 0 Å². The van der Waals surface area contributed by atoms with E-state index in [0.29, 0.717) is 10.0 Å². The highest BCUT2D eigenvalue weighted by Gasteiger charge is 2.49. The average molecular weight is 472 g/mol. The number of carbonyl (C=O) groups is 3. The van der Waals surface area contributed by atoms with Crippen LogP contribution in [0.1, 0.15) is 32.8 Å². The average Bonchev–Trinajstić information content (AvgIpc) is 3.09. The van der Waals surface area contributed by atoms with E-state index in [2.05, 4.69) is 5.32 Å². The van der Waals surface area contributed by atoms with Gasteiger partial charge in [-0.3, -0.25) is 9.59 Å². The van der Waals surface area contributed by atoms with E-state index in [0.717, 1.165) is 5.56 Å². The fourth-order valence-corrected chi connectivity index (χ4v) is 4.19. The summed E-state index contributed by atoms with van der Waals surface area (Å²) < 4.78 is 11.4. The number of likely N-dealkylation sites (tertiary alicyclic amines) is 1. The molecule has 10 heteroatoms. The Labute approximate surface area is 191 Å². The SMILES string of the molecule is CNC(=O)CC1OC2CN(C(=O)OC(C)(C)C)CC2N(Cc2ccc(Cl)cc2Cl)C1=O. The molecule has 2 aliphatic rings. The molecule has 3 unspecified atom stereocenters. The van der Waals surface area contributed by atoms with Gasteiger partial charge < -0.3 is 24.6 Å². The zero-order chi connectivity index (χ0) is 22.9. The minimum atomic E-state index is -0.939. The topological polar surface area (TPSA) is 88.2 Å². The molecule has 1 aromatic rings. The Morgan fingerprint density at radius 3 is 2.58 bits per heavy atom. The third-order valence-electron chi connectivity index (χ3n) is 5.19. The van der Waals surface area contributed by atoms with Crippen LogP contribution in [0.3, 0.4) is 0 Å². The van der Waals surface area contributed by atoms with Crippen molar-refractivity contribution in [2.24, 2.45) is 0 Å². The Bertz CT molecular complexity index is 873. The van der Waals surface area contributed by atoms with Crippen molar-refractivity contribution in [3.05, 3.63) is 33.8 Å². The second-order valence-corrected chi connectivity index (χ2v) is 9.54. The first-order valence-corrected chi connectivity index (χ1v) is 10.8. The van der Waals surface area contributed by atoms with Crippen LogP contribution in [0, 0.1) is 0 Å². The summed E-state index contributed by atoms with van der Waals surface area (Å²) in [6, 6.07) is 4.70. The first kappa shape index (κ1) is 23.6. The molecule has 3 rings (SSSR count). The van der Waals surface area contributed by atoms with Gasteiger partial charge in [0.25, 0.3) is 5.91 Å². The van der Waals surface area contributed by atoms with Gasteiger partial charge in [-0.2, -0.15) is 0 Å². The molecule has 2 aliphatic heterocycles. The molecule has 1 N–H and O–H groups in total. The summed E-state index contributed by atoms with van der Waals surface area (Å²) in [6.07, 6.45) is -1.95. The lowest BCUT2D eigenvalue weighted by Crippen LogP contribution is -2.58. The lowest BCUT2D eigenvalue weighted by Gasteiger charge is -2.40. The lowest BCUT2D eigenvalue weighted by atomic mass is 10.0. The second-order valence-electron chi connectivity index (χ2n) is 8.70. The molecular weight excluding hydrogens is 445 g/mol. The highest BCUT2D eigenvalue weighted by molar-refractivity contribution is 6.35. The van der Waals surface area contributed by atoms with E-state index in [4.69, 9.17) is 32.7 Å². The van der Waals surface area contributed by atoms with E-state index in [-0.39, 0.29) is 43.9 Å². The van der Waals surface area contributed by atoms with Gasteiger partial charge in [-0.1, -0.05) is 29.3 Å². The van der Waals surface area contributed by atoms with Crippen molar-refractivity contribution in [1.29, 1.82) is 0 Å². The Morgan fingerprint density at radius 1 is 1.26 bits per heavy atom. The standard InChI is InChI=1S/C21H27Cl2N3O5/c1-21(2,3)31-20(29)25-10-15-17(11-25)30-16(8-18(27)24-4)19(28)26(15)9-12-5-6-13(22)7-14(12)23/h5-7,15-17H,8-11H2,1-4H3,(H,24,27). The van der Waals surface area contributed by atoms with E-state index >= 15 is 0 Å². The van der Waals surface area contributed by atoms with Crippen molar-refractivity contribution in [3.63, 3.8) is 0 Å². The summed E-state index contributed by atoms with van der Waals surface area (Å²) in [7, 11) is 1.50. The van der Waals surface area contributed by atoms with Gasteiger partial charge in [0.2, 0.25) is 5.91 Å². The number of halogens is 2. The number of nitrogens with one attached hydrogen (secondary N) is 1. The predicted molar refractivity (Wildman–Crippen MR) is 116 cm³/mol. The highest BCUT2D eigenvalue weighted by Crippen LogP contribution is 2.32. The molecule has 3 atom stereocenters. The van der Waals surface area contributed by atoms with E-state index in [1.54, 1.807) is 43.9 Å². The quantitative estimate of drug-likeness (QED) is 0.728. The molecule has 0 bridgehead atoms. The van der Waals surface area contributed by atoms with Crippen molar-refractivity contribution >= 4 is 41.1 Å². The van der Waals surface area contributed by atoms with E-state index in [1.807, 2.05) is 0 Å². The van der Waals surface area contributed by atoms with Gasteiger partial charge in [-0.05, 0) is 38.5 Å². The van der Waals surface area contributed by atoms with E-state index in [1.165, 1.54) is 11.9 Å². The summed E-state index contributed by atoms with van der Waals surface area (Å²) in [5, 5.41) is 3.45. The number of benzene rings is 1. The zero-order valence-corrected chi connectivity index (χ0v) is 19.5. The first-order valence-electron chi connectivity index (χ1n) is 10.1. The Kier molecular flexibility index (Phi) is 7.03. The molecule has 2 heterocycles. The Hall–Kier alpha value is -2.03. The molecule has 2 saturated heterocycles. The van der Waals surface area contributed by atoms with Crippen LogP contribution in [0.2, 0.25) is 10.0 Å².